The molecule has 0 saturated carbocycles. The normalized spacial score (nSPS) is 9.95. The molecule has 0 heterocycles. The van der Waals surface area contributed by atoms with Crippen LogP contribution in [-0.2, 0) is 6.42 Å². The molecule has 0 aromatic heterocycles. The van der Waals surface area contributed by atoms with Crippen LogP contribution in [-0.4, -0.2) is 10.6 Å². The van der Waals surface area contributed by atoms with Gasteiger partial charge in [-0.1, -0.05) is 74.3 Å². The fraction of sp³-hybridized carbons (Fsp3) is 0.0323. The molecule has 12 heteroatoms. The van der Waals surface area contributed by atoms with Crippen molar-refractivity contribution >= 4 is 117 Å². The Morgan fingerprint density at radius 1 is 0.558 bits per heavy atom. The number of para-hydroxylation sites is 1. The summed E-state index contributed by atoms with van der Waals surface area (Å²) in [5, 5.41) is 9.08. The Morgan fingerprint density at radius 2 is 1.12 bits per heavy atom. The SMILES string of the molecule is Brc1ccccc1Cc1cc(Oc2ccccc2Br)c(Br)cc1Br.Fc1ccccc1Br.Nc1cc(O)c(Br)cc1Br.O. The lowest BCUT2D eigenvalue weighted by molar-refractivity contribution is 0.472. The number of nitrogen functional groups attached to an aromatic ring is 1. The molecule has 5 aromatic carbocycles. The van der Waals surface area contributed by atoms with Crippen molar-refractivity contribution in [3.8, 4) is 17.2 Å². The fourth-order valence-electron chi connectivity index (χ4n) is 3.27. The highest BCUT2D eigenvalue weighted by molar-refractivity contribution is 9.11. The predicted octanol–water partition coefficient (Wildman–Crippen LogP) is 12.4. The molecule has 0 aliphatic carbocycles. The Balaban J connectivity index is 0.000000279. The molecule has 0 saturated heterocycles. The van der Waals surface area contributed by atoms with Gasteiger partial charge in [0.2, 0.25) is 0 Å². The Labute approximate surface area is 308 Å². The topological polar surface area (TPSA) is 87.0 Å². The number of aromatic hydroxyl groups is 1. The maximum Gasteiger partial charge on any atom is 0.142 e. The predicted molar refractivity (Wildman–Crippen MR) is 199 cm³/mol. The van der Waals surface area contributed by atoms with Crippen molar-refractivity contribution in [2.45, 2.75) is 6.42 Å². The largest absolute Gasteiger partial charge is 0.507 e. The third-order valence-electron chi connectivity index (χ3n) is 5.39. The maximum atomic E-state index is 12.3. The number of rotatable bonds is 4. The number of phenols is 1. The Hall–Kier alpha value is -1.25. The van der Waals surface area contributed by atoms with Crippen molar-refractivity contribution < 1.29 is 19.7 Å². The molecule has 0 atom stereocenters. The summed E-state index contributed by atoms with van der Waals surface area (Å²) in [4.78, 5) is 0. The van der Waals surface area contributed by atoms with Crippen molar-refractivity contribution in [2.24, 2.45) is 0 Å². The molecule has 0 aliphatic rings. The van der Waals surface area contributed by atoms with Gasteiger partial charge >= 0.3 is 0 Å². The summed E-state index contributed by atoms with van der Waals surface area (Å²) in [7, 11) is 0. The van der Waals surface area contributed by atoms with E-state index in [0.29, 0.717) is 14.6 Å². The smallest absolute Gasteiger partial charge is 0.142 e. The standard InChI is InChI=1S/C19H12Br4O.C6H5Br2NO.C6H4BrF.H2O/c20-14-6-2-1-5-12(14)9-13-10-19(17(23)11-16(13)22)24-18-8-4-3-7-15(18)21;7-3-1-4(8)6(10)2-5(3)9;7-5-3-1-2-4-6(5)8;/h1-8,10-11H,9H2;1-2,10H,9H2;1-4H;1H2. The molecule has 4 nitrogen and oxygen atoms in total. The van der Waals surface area contributed by atoms with Crippen molar-refractivity contribution in [3.05, 3.63) is 145 Å². The summed E-state index contributed by atoms with van der Waals surface area (Å²) in [6, 6.07) is 29.8. The van der Waals surface area contributed by atoms with Gasteiger partial charge in [0, 0.05) is 25.2 Å². The van der Waals surface area contributed by atoms with E-state index in [1.54, 1.807) is 24.3 Å². The molecule has 5 rings (SSSR count). The molecule has 226 valence electrons. The fourth-order valence-corrected chi connectivity index (χ4v) is 6.56. The lowest BCUT2D eigenvalue weighted by Gasteiger charge is -2.13. The number of benzene rings is 5. The van der Waals surface area contributed by atoms with E-state index in [-0.39, 0.29) is 17.0 Å². The van der Waals surface area contributed by atoms with Crippen LogP contribution in [0.25, 0.3) is 0 Å². The summed E-state index contributed by atoms with van der Waals surface area (Å²) in [5.74, 6) is 1.51. The first kappa shape index (κ1) is 37.9. The van der Waals surface area contributed by atoms with Crippen LogP contribution in [0.2, 0.25) is 0 Å². The molecule has 0 aliphatic heterocycles. The second-order valence-corrected chi connectivity index (χ2v) is 14.4. The maximum absolute atomic E-state index is 12.3. The summed E-state index contributed by atoms with van der Waals surface area (Å²) >= 11 is 23.7. The monoisotopic (exact) mass is 1030 g/mol. The van der Waals surface area contributed by atoms with Crippen LogP contribution in [0.3, 0.4) is 0 Å². The number of halogens is 8. The van der Waals surface area contributed by atoms with E-state index in [2.05, 4.69) is 130 Å². The van der Waals surface area contributed by atoms with Gasteiger partial charge in [0.05, 0.1) is 17.9 Å². The summed E-state index contributed by atoms with van der Waals surface area (Å²) < 4.78 is 24.2. The molecule has 43 heavy (non-hydrogen) atoms. The minimum Gasteiger partial charge on any atom is -0.507 e. The van der Waals surface area contributed by atoms with Crippen molar-refractivity contribution in [3.63, 3.8) is 0 Å². The number of hydrogen-bond acceptors (Lipinski definition) is 3. The Bertz CT molecular complexity index is 1530. The average Bonchev–Trinajstić information content (AvgIpc) is 2.95. The first-order valence-corrected chi connectivity index (χ1v) is 17.5. The van der Waals surface area contributed by atoms with Gasteiger partial charge in [0.15, 0.2) is 0 Å². The van der Waals surface area contributed by atoms with E-state index in [0.717, 1.165) is 45.8 Å². The molecule has 0 unspecified atom stereocenters. The molecular formula is C31H23Br7FNO3. The van der Waals surface area contributed by atoms with E-state index in [1.807, 2.05) is 42.5 Å². The zero-order valence-corrected chi connectivity index (χ0v) is 33.0. The number of ether oxygens (including phenoxy) is 1. The number of phenolic OH excluding ortho intramolecular Hbond substituents is 1. The third kappa shape index (κ3) is 11.9. The molecule has 5 aromatic rings. The lowest BCUT2D eigenvalue weighted by atomic mass is 10.0. The highest BCUT2D eigenvalue weighted by Gasteiger charge is 2.12. The van der Waals surface area contributed by atoms with E-state index in [4.69, 9.17) is 15.6 Å². The van der Waals surface area contributed by atoms with Gasteiger partial charge in [0.1, 0.15) is 23.1 Å². The van der Waals surface area contributed by atoms with Crippen LogP contribution in [0.15, 0.2) is 128 Å². The van der Waals surface area contributed by atoms with Gasteiger partial charge in [-0.25, -0.2) is 4.39 Å². The quantitative estimate of drug-likeness (QED) is 0.176. The van der Waals surface area contributed by atoms with Crippen LogP contribution < -0.4 is 10.5 Å². The molecule has 0 fully saturated rings. The van der Waals surface area contributed by atoms with Crippen LogP contribution >= 0.6 is 112 Å². The zero-order chi connectivity index (χ0) is 30.8. The van der Waals surface area contributed by atoms with Crippen LogP contribution in [0.4, 0.5) is 10.1 Å². The molecule has 0 radical (unpaired) electrons. The second kappa shape index (κ2) is 18.7. The molecule has 5 N–H and O–H groups in total. The number of anilines is 1. The van der Waals surface area contributed by atoms with E-state index < -0.39 is 0 Å². The molecular weight excluding hydrogens is 1010 g/mol. The first-order chi connectivity index (χ1) is 20.0. The zero-order valence-electron chi connectivity index (χ0n) is 21.9. The van der Waals surface area contributed by atoms with Gasteiger partial charge in [0.25, 0.3) is 0 Å². The van der Waals surface area contributed by atoms with E-state index >= 15 is 0 Å². The average molecular weight is 1040 g/mol. The molecule has 0 amide bonds. The van der Waals surface area contributed by atoms with E-state index in [1.165, 1.54) is 17.7 Å². The third-order valence-corrected chi connectivity index (χ3v) is 10.1. The van der Waals surface area contributed by atoms with E-state index in [9.17, 15) is 4.39 Å². The Kier molecular flexibility index (Phi) is 16.5. The van der Waals surface area contributed by atoms with Crippen LogP contribution in [0.5, 0.6) is 17.2 Å². The highest BCUT2D eigenvalue weighted by atomic mass is 79.9. The first-order valence-electron chi connectivity index (χ1n) is 11.9. The van der Waals surface area contributed by atoms with Gasteiger partial charge < -0.3 is 21.1 Å². The van der Waals surface area contributed by atoms with Crippen LogP contribution in [0, 0.1) is 5.82 Å². The van der Waals surface area contributed by atoms with Gasteiger partial charge in [-0.2, -0.15) is 0 Å². The van der Waals surface area contributed by atoms with Gasteiger partial charge in [-0.05, 0) is 146 Å². The second-order valence-electron chi connectivity index (χ2n) is 8.41. The van der Waals surface area contributed by atoms with Gasteiger partial charge in [-0.15, -0.1) is 0 Å². The van der Waals surface area contributed by atoms with Crippen molar-refractivity contribution in [2.75, 3.05) is 5.73 Å². The summed E-state index contributed by atoms with van der Waals surface area (Å²) in [5.41, 5.74) is 8.38. The highest BCUT2D eigenvalue weighted by Crippen LogP contribution is 2.38. The lowest BCUT2D eigenvalue weighted by Crippen LogP contribution is -1.94. The molecule has 0 bridgehead atoms. The molecule has 0 spiro atoms. The van der Waals surface area contributed by atoms with Crippen molar-refractivity contribution in [1.29, 1.82) is 0 Å². The minimum absolute atomic E-state index is 0. The minimum atomic E-state index is -0.215. The van der Waals surface area contributed by atoms with Crippen molar-refractivity contribution in [1.82, 2.24) is 0 Å². The number of nitrogens with two attached hydrogens (primary N) is 1. The summed E-state index contributed by atoms with van der Waals surface area (Å²) in [6.07, 6.45) is 0.807. The number of hydrogen-bond donors (Lipinski definition) is 2. The van der Waals surface area contributed by atoms with Gasteiger partial charge in [-0.3, -0.25) is 0 Å². The van der Waals surface area contributed by atoms with Crippen LogP contribution in [0.1, 0.15) is 11.1 Å². The summed E-state index contributed by atoms with van der Waals surface area (Å²) in [6.45, 7) is 0. The Morgan fingerprint density at radius 3 is 1.67 bits per heavy atom.